The highest BCUT2D eigenvalue weighted by molar-refractivity contribution is 6.16. The Morgan fingerprint density at radius 3 is 2.38 bits per heavy atom. The molecule has 0 saturated carbocycles. The first-order valence-corrected chi connectivity index (χ1v) is 5.41. The van der Waals surface area contributed by atoms with Crippen LogP contribution in [0, 0.1) is 0 Å². The van der Waals surface area contributed by atoms with E-state index in [0.29, 0.717) is 12.2 Å². The average molecular weight is 224 g/mol. The molecule has 0 unspecified atom stereocenters. The lowest BCUT2D eigenvalue weighted by Crippen LogP contribution is -2.32. The predicted octanol–water partition coefficient (Wildman–Crippen LogP) is 0.519. The van der Waals surface area contributed by atoms with Crippen molar-refractivity contribution in [1.29, 1.82) is 0 Å². The number of ketones is 1. The zero-order valence-corrected chi connectivity index (χ0v) is 10.3. The van der Waals surface area contributed by atoms with Gasteiger partial charge in [0.15, 0.2) is 0 Å². The normalized spacial score (nSPS) is 15.1. The third kappa shape index (κ3) is 3.47. The summed E-state index contributed by atoms with van der Waals surface area (Å²) in [4.78, 5) is 15.3. The Bertz CT molecular complexity index is 308. The molecule has 0 bridgehead atoms. The molecule has 0 aromatic carbocycles. The summed E-state index contributed by atoms with van der Waals surface area (Å²) in [6.07, 6.45) is 1.81. The molecule has 0 radical (unpaired) electrons. The monoisotopic (exact) mass is 224 g/mol. The maximum Gasteiger partial charge on any atom is 0.208 e. The standard InChI is InChI=1S/C12H20N2O2/c1-10-9-11(12(10)15)14(4)6-8-16-7-5-13(2)3/h9H,1,5-8H2,2-4H3. The van der Waals surface area contributed by atoms with Crippen molar-refractivity contribution in [3.05, 3.63) is 23.9 Å². The summed E-state index contributed by atoms with van der Waals surface area (Å²) in [6, 6.07) is 0. The van der Waals surface area contributed by atoms with Gasteiger partial charge in [0.1, 0.15) is 0 Å². The van der Waals surface area contributed by atoms with Gasteiger partial charge in [0, 0.05) is 25.7 Å². The van der Waals surface area contributed by atoms with Crippen LogP contribution in [0.25, 0.3) is 0 Å². The van der Waals surface area contributed by atoms with E-state index in [4.69, 9.17) is 4.74 Å². The van der Waals surface area contributed by atoms with Crippen molar-refractivity contribution in [1.82, 2.24) is 9.80 Å². The molecule has 0 fully saturated rings. The van der Waals surface area contributed by atoms with Gasteiger partial charge in [0.05, 0.1) is 18.9 Å². The Labute approximate surface area is 97.2 Å². The summed E-state index contributed by atoms with van der Waals surface area (Å²) < 4.78 is 5.45. The van der Waals surface area contributed by atoms with Crippen LogP contribution in [0.15, 0.2) is 23.9 Å². The third-order valence-corrected chi connectivity index (χ3v) is 2.50. The van der Waals surface area contributed by atoms with Crippen molar-refractivity contribution in [2.75, 3.05) is 47.4 Å². The van der Waals surface area contributed by atoms with Gasteiger partial charge in [0.25, 0.3) is 0 Å². The number of nitrogens with zero attached hydrogens (tertiary/aromatic N) is 2. The van der Waals surface area contributed by atoms with Crippen molar-refractivity contribution in [2.24, 2.45) is 0 Å². The van der Waals surface area contributed by atoms with Crippen LogP contribution in [0.5, 0.6) is 0 Å². The van der Waals surface area contributed by atoms with Crippen molar-refractivity contribution >= 4 is 5.78 Å². The van der Waals surface area contributed by atoms with E-state index in [2.05, 4.69) is 11.5 Å². The van der Waals surface area contributed by atoms with Crippen LogP contribution in [0.4, 0.5) is 0 Å². The van der Waals surface area contributed by atoms with Crippen molar-refractivity contribution in [3.63, 3.8) is 0 Å². The molecular weight excluding hydrogens is 204 g/mol. The number of hydrogen-bond donors (Lipinski definition) is 0. The Hall–Kier alpha value is -1.13. The number of hydrogen-bond acceptors (Lipinski definition) is 4. The molecule has 4 nitrogen and oxygen atoms in total. The van der Waals surface area contributed by atoms with E-state index in [1.54, 1.807) is 0 Å². The summed E-state index contributed by atoms with van der Waals surface area (Å²) in [6.45, 7) is 6.63. The molecule has 16 heavy (non-hydrogen) atoms. The van der Waals surface area contributed by atoms with Gasteiger partial charge in [-0.05, 0) is 20.2 Å². The second kappa shape index (κ2) is 5.82. The van der Waals surface area contributed by atoms with E-state index >= 15 is 0 Å². The number of allylic oxidation sites excluding steroid dienone is 2. The first-order valence-electron chi connectivity index (χ1n) is 5.41. The number of rotatable bonds is 7. The van der Waals surface area contributed by atoms with Crippen LogP contribution in [0.2, 0.25) is 0 Å². The molecule has 1 aliphatic carbocycles. The minimum absolute atomic E-state index is 0.0517. The number of carbonyl (C=O) groups is 1. The molecule has 0 amide bonds. The van der Waals surface area contributed by atoms with Crippen LogP contribution < -0.4 is 0 Å². The van der Waals surface area contributed by atoms with Crippen LogP contribution in [-0.4, -0.2) is 63.0 Å². The lowest BCUT2D eigenvalue weighted by Gasteiger charge is -2.26. The Kier molecular flexibility index (Phi) is 4.71. The van der Waals surface area contributed by atoms with Crippen LogP contribution in [-0.2, 0) is 9.53 Å². The number of Topliss-reactive ketones (excluding diaryl/α,β-unsaturated/α-hetero) is 1. The number of likely N-dealkylation sites (N-methyl/N-ethyl adjacent to an activating group) is 2. The highest BCUT2D eigenvalue weighted by Crippen LogP contribution is 2.20. The molecule has 0 spiro atoms. The zero-order chi connectivity index (χ0) is 12.1. The van der Waals surface area contributed by atoms with Gasteiger partial charge in [-0.3, -0.25) is 4.79 Å². The summed E-state index contributed by atoms with van der Waals surface area (Å²) in [5, 5.41) is 0. The van der Waals surface area contributed by atoms with Crippen molar-refractivity contribution in [3.8, 4) is 0 Å². The second-order valence-electron chi connectivity index (χ2n) is 4.22. The van der Waals surface area contributed by atoms with Crippen LogP contribution in [0.3, 0.4) is 0 Å². The molecule has 0 heterocycles. The Balaban J connectivity index is 2.12. The predicted molar refractivity (Wildman–Crippen MR) is 64.2 cm³/mol. The van der Waals surface area contributed by atoms with Gasteiger partial charge in [0.2, 0.25) is 5.78 Å². The maximum absolute atomic E-state index is 11.3. The average Bonchev–Trinajstić information content (AvgIpc) is 2.24. The van der Waals surface area contributed by atoms with Gasteiger partial charge in [-0.1, -0.05) is 6.58 Å². The molecule has 0 aromatic heterocycles. The molecule has 90 valence electrons. The SMILES string of the molecule is C=C1C=C(N(C)CCOCCN(C)C)C1=O. The summed E-state index contributed by atoms with van der Waals surface area (Å²) in [7, 11) is 5.92. The lowest BCUT2D eigenvalue weighted by molar-refractivity contribution is -0.114. The number of ether oxygens (including phenoxy) is 1. The highest BCUT2D eigenvalue weighted by Gasteiger charge is 2.24. The van der Waals surface area contributed by atoms with E-state index in [-0.39, 0.29) is 5.78 Å². The summed E-state index contributed by atoms with van der Waals surface area (Å²) in [5.41, 5.74) is 1.33. The van der Waals surface area contributed by atoms with Crippen molar-refractivity contribution in [2.45, 2.75) is 0 Å². The van der Waals surface area contributed by atoms with Gasteiger partial charge in [-0.25, -0.2) is 0 Å². The van der Waals surface area contributed by atoms with Crippen LogP contribution >= 0.6 is 0 Å². The smallest absolute Gasteiger partial charge is 0.208 e. The molecule has 4 heteroatoms. The fourth-order valence-corrected chi connectivity index (χ4v) is 1.34. The summed E-state index contributed by atoms with van der Waals surface area (Å²) in [5.74, 6) is 0.0517. The van der Waals surface area contributed by atoms with E-state index in [9.17, 15) is 4.79 Å². The molecule has 0 N–H and O–H groups in total. The molecule has 0 aromatic rings. The van der Waals surface area contributed by atoms with Crippen LogP contribution in [0.1, 0.15) is 0 Å². The molecule has 0 atom stereocenters. The van der Waals surface area contributed by atoms with Gasteiger partial charge in [-0.15, -0.1) is 0 Å². The summed E-state index contributed by atoms with van der Waals surface area (Å²) >= 11 is 0. The third-order valence-electron chi connectivity index (χ3n) is 2.50. The van der Waals surface area contributed by atoms with Gasteiger partial charge < -0.3 is 14.5 Å². The first kappa shape index (κ1) is 12.9. The molecule has 1 aliphatic rings. The molecule has 0 aliphatic heterocycles. The van der Waals surface area contributed by atoms with E-state index < -0.39 is 0 Å². The molecule has 1 rings (SSSR count). The number of carbonyl (C=O) groups excluding carboxylic acids is 1. The largest absolute Gasteiger partial charge is 0.378 e. The first-order chi connectivity index (χ1) is 7.52. The topological polar surface area (TPSA) is 32.8 Å². The van der Waals surface area contributed by atoms with Gasteiger partial charge in [-0.2, -0.15) is 0 Å². The highest BCUT2D eigenvalue weighted by atomic mass is 16.5. The Morgan fingerprint density at radius 2 is 1.88 bits per heavy atom. The van der Waals surface area contributed by atoms with Crippen molar-refractivity contribution < 1.29 is 9.53 Å². The van der Waals surface area contributed by atoms with E-state index in [0.717, 1.165) is 25.4 Å². The second-order valence-corrected chi connectivity index (χ2v) is 4.22. The van der Waals surface area contributed by atoms with E-state index in [1.165, 1.54) is 0 Å². The fourth-order valence-electron chi connectivity index (χ4n) is 1.34. The zero-order valence-electron chi connectivity index (χ0n) is 10.3. The van der Waals surface area contributed by atoms with E-state index in [1.807, 2.05) is 32.1 Å². The minimum Gasteiger partial charge on any atom is -0.378 e. The fraction of sp³-hybridized carbons (Fsp3) is 0.583. The lowest BCUT2D eigenvalue weighted by atomic mass is 9.97. The molecule has 0 saturated heterocycles. The quantitative estimate of drug-likeness (QED) is 0.466. The minimum atomic E-state index is 0.0517. The van der Waals surface area contributed by atoms with Gasteiger partial charge >= 0.3 is 0 Å². The maximum atomic E-state index is 11.3. The molecular formula is C12H20N2O2. The Morgan fingerprint density at radius 1 is 1.25 bits per heavy atom.